The first kappa shape index (κ1) is 17.3. The number of benzene rings is 1. The monoisotopic (exact) mass is 314 g/mol. The van der Waals surface area contributed by atoms with Crippen LogP contribution in [0.1, 0.15) is 46.6 Å². The lowest BCUT2D eigenvalue weighted by atomic mass is 10.1. The number of rotatable bonds is 3. The zero-order valence-electron chi connectivity index (χ0n) is 15.2. The molecule has 1 aliphatic carbocycles. The zero-order chi connectivity index (χ0) is 16.6. The average molecular weight is 315 g/mol. The molecule has 0 unspecified atom stereocenters. The summed E-state index contributed by atoms with van der Waals surface area (Å²) in [5.41, 5.74) is 0.864. The Morgan fingerprint density at radius 3 is 2.23 bits per heavy atom. The van der Waals surface area contributed by atoms with E-state index in [1.54, 1.807) is 0 Å². The second-order valence-corrected chi connectivity index (χ2v) is 13.1. The van der Waals surface area contributed by atoms with Crippen molar-refractivity contribution in [2.24, 2.45) is 11.8 Å². The molecule has 0 amide bonds. The molecule has 1 aromatic rings. The molecular formula is C20H30OSi. The smallest absolute Gasteiger partial charge is 0.194 e. The molecule has 0 spiro atoms. The first-order chi connectivity index (χ1) is 10.1. The van der Waals surface area contributed by atoms with E-state index < -0.39 is 8.32 Å². The van der Waals surface area contributed by atoms with Crippen molar-refractivity contribution in [3.05, 3.63) is 35.9 Å². The van der Waals surface area contributed by atoms with E-state index in [9.17, 15) is 0 Å². The summed E-state index contributed by atoms with van der Waals surface area (Å²) >= 11 is 0. The van der Waals surface area contributed by atoms with E-state index in [0.29, 0.717) is 11.8 Å². The molecule has 1 nitrogen and oxygen atoms in total. The molecule has 1 saturated carbocycles. The van der Waals surface area contributed by atoms with Gasteiger partial charge in [-0.25, -0.2) is 0 Å². The highest BCUT2D eigenvalue weighted by Crippen LogP contribution is 2.54. The van der Waals surface area contributed by atoms with E-state index in [4.69, 9.17) is 4.43 Å². The van der Waals surface area contributed by atoms with E-state index in [2.05, 4.69) is 71.7 Å². The van der Waals surface area contributed by atoms with Gasteiger partial charge < -0.3 is 4.43 Å². The fourth-order valence-electron chi connectivity index (χ4n) is 2.64. The lowest BCUT2D eigenvalue weighted by Gasteiger charge is -2.39. The van der Waals surface area contributed by atoms with Gasteiger partial charge in [-0.05, 0) is 42.6 Å². The lowest BCUT2D eigenvalue weighted by Crippen LogP contribution is -2.45. The predicted molar refractivity (Wildman–Crippen MR) is 97.3 cm³/mol. The highest BCUT2D eigenvalue weighted by atomic mass is 28.4. The SMILES string of the molecule is CC(C)[C@H]1C[C@@]1(C#Cc1ccccc1)O[Si](C)(C)C(C)(C)C. The normalized spacial score (nSPS) is 24.8. The van der Waals surface area contributed by atoms with Crippen LogP contribution in [0.15, 0.2) is 30.3 Å². The van der Waals surface area contributed by atoms with Crippen molar-refractivity contribution < 1.29 is 4.43 Å². The molecule has 1 fully saturated rings. The van der Waals surface area contributed by atoms with Gasteiger partial charge in [-0.1, -0.05) is 64.7 Å². The summed E-state index contributed by atoms with van der Waals surface area (Å²) in [4.78, 5) is 0. The first-order valence-corrected chi connectivity index (χ1v) is 11.3. The van der Waals surface area contributed by atoms with Crippen molar-refractivity contribution in [1.29, 1.82) is 0 Å². The molecule has 120 valence electrons. The fourth-order valence-corrected chi connectivity index (χ4v) is 4.14. The molecule has 0 heterocycles. The van der Waals surface area contributed by atoms with Crippen LogP contribution in [0.3, 0.4) is 0 Å². The molecule has 2 heteroatoms. The third-order valence-corrected chi connectivity index (χ3v) is 9.69. The van der Waals surface area contributed by atoms with Gasteiger partial charge in [-0.15, -0.1) is 0 Å². The zero-order valence-corrected chi connectivity index (χ0v) is 16.2. The molecule has 0 N–H and O–H groups in total. The van der Waals surface area contributed by atoms with Crippen molar-refractivity contribution >= 4 is 8.32 Å². The minimum Gasteiger partial charge on any atom is -0.400 e. The van der Waals surface area contributed by atoms with E-state index in [1.807, 2.05) is 18.2 Å². The Morgan fingerprint density at radius 1 is 1.18 bits per heavy atom. The van der Waals surface area contributed by atoms with Crippen molar-refractivity contribution in [1.82, 2.24) is 0 Å². The largest absolute Gasteiger partial charge is 0.400 e. The maximum atomic E-state index is 6.76. The number of hydrogen-bond donors (Lipinski definition) is 0. The topological polar surface area (TPSA) is 9.23 Å². The van der Waals surface area contributed by atoms with Gasteiger partial charge in [-0.3, -0.25) is 0 Å². The Labute approximate surface area is 137 Å². The quantitative estimate of drug-likeness (QED) is 0.530. The molecule has 0 aromatic heterocycles. The van der Waals surface area contributed by atoms with Crippen LogP contribution in [0.25, 0.3) is 0 Å². The maximum Gasteiger partial charge on any atom is 0.194 e. The Kier molecular flexibility index (Phi) is 4.62. The second-order valence-electron chi connectivity index (χ2n) is 8.42. The van der Waals surface area contributed by atoms with Gasteiger partial charge >= 0.3 is 0 Å². The van der Waals surface area contributed by atoms with E-state index in [1.165, 1.54) is 0 Å². The van der Waals surface area contributed by atoms with Gasteiger partial charge in [-0.2, -0.15) is 0 Å². The molecule has 1 aliphatic rings. The Hall–Kier alpha value is -1.04. The van der Waals surface area contributed by atoms with E-state index in [0.717, 1.165) is 12.0 Å². The van der Waals surface area contributed by atoms with Crippen LogP contribution in [-0.4, -0.2) is 13.9 Å². The van der Waals surface area contributed by atoms with Crippen LogP contribution in [0.4, 0.5) is 0 Å². The molecule has 22 heavy (non-hydrogen) atoms. The molecule has 2 rings (SSSR count). The van der Waals surface area contributed by atoms with Crippen LogP contribution in [0.2, 0.25) is 18.1 Å². The predicted octanol–water partition coefficient (Wildman–Crippen LogP) is 5.47. The summed E-state index contributed by atoms with van der Waals surface area (Å²) < 4.78 is 6.76. The molecule has 0 radical (unpaired) electrons. The summed E-state index contributed by atoms with van der Waals surface area (Å²) in [7, 11) is -1.81. The summed E-state index contributed by atoms with van der Waals surface area (Å²) in [6.07, 6.45) is 1.08. The first-order valence-electron chi connectivity index (χ1n) is 8.36. The molecule has 0 saturated heterocycles. The molecule has 2 atom stereocenters. The van der Waals surface area contributed by atoms with E-state index in [-0.39, 0.29) is 10.6 Å². The second kappa shape index (κ2) is 5.87. The maximum absolute atomic E-state index is 6.76. The summed E-state index contributed by atoms with van der Waals surface area (Å²) in [6.45, 7) is 16.1. The Bertz CT molecular complexity index is 571. The van der Waals surface area contributed by atoms with Gasteiger partial charge in [0.1, 0.15) is 5.60 Å². The molecule has 1 aromatic carbocycles. The van der Waals surface area contributed by atoms with Crippen LogP contribution >= 0.6 is 0 Å². The Morgan fingerprint density at radius 2 is 1.77 bits per heavy atom. The van der Waals surface area contributed by atoms with E-state index >= 15 is 0 Å². The minimum absolute atomic E-state index is 0.215. The summed E-state index contributed by atoms with van der Waals surface area (Å²) in [5, 5.41) is 0.221. The summed E-state index contributed by atoms with van der Waals surface area (Å²) in [6, 6.07) is 10.2. The van der Waals surface area contributed by atoms with Crippen LogP contribution < -0.4 is 0 Å². The standard InChI is InChI=1S/C20H30OSi/c1-16(2)18-15-20(18,21-22(6,7)19(3,4)5)14-13-17-11-9-8-10-12-17/h8-12,16,18H,15H2,1-7H3/t18-,20-/m1/s1. The fraction of sp³-hybridized carbons (Fsp3) is 0.600. The lowest BCUT2D eigenvalue weighted by molar-refractivity contribution is 0.185. The Balaban J connectivity index is 2.27. The molecule has 0 bridgehead atoms. The average Bonchev–Trinajstić information content (AvgIpc) is 3.11. The van der Waals surface area contributed by atoms with Gasteiger partial charge in [0.05, 0.1) is 0 Å². The number of hydrogen-bond acceptors (Lipinski definition) is 1. The highest BCUT2D eigenvalue weighted by molar-refractivity contribution is 6.74. The summed E-state index contributed by atoms with van der Waals surface area (Å²) in [5.74, 6) is 8.05. The van der Waals surface area contributed by atoms with Crippen molar-refractivity contribution in [3.63, 3.8) is 0 Å². The van der Waals surface area contributed by atoms with Gasteiger partial charge in [0.2, 0.25) is 0 Å². The van der Waals surface area contributed by atoms with Crippen LogP contribution in [0, 0.1) is 23.7 Å². The highest BCUT2D eigenvalue weighted by Gasteiger charge is 2.59. The minimum atomic E-state index is -1.81. The third-order valence-electron chi connectivity index (χ3n) is 5.20. The van der Waals surface area contributed by atoms with Crippen molar-refractivity contribution in [2.45, 2.75) is 64.8 Å². The van der Waals surface area contributed by atoms with Gasteiger partial charge in [0.25, 0.3) is 0 Å². The molecule has 0 aliphatic heterocycles. The van der Waals surface area contributed by atoms with Crippen LogP contribution in [-0.2, 0) is 4.43 Å². The van der Waals surface area contributed by atoms with Crippen molar-refractivity contribution in [3.8, 4) is 11.8 Å². The van der Waals surface area contributed by atoms with Gasteiger partial charge in [0.15, 0.2) is 8.32 Å². The van der Waals surface area contributed by atoms with Crippen molar-refractivity contribution in [2.75, 3.05) is 0 Å². The van der Waals surface area contributed by atoms with Crippen LogP contribution in [0.5, 0.6) is 0 Å². The molecular weight excluding hydrogens is 284 g/mol. The van der Waals surface area contributed by atoms with Gasteiger partial charge in [0, 0.05) is 11.5 Å². The third kappa shape index (κ3) is 3.64.